The van der Waals surface area contributed by atoms with Crippen molar-refractivity contribution in [3.63, 3.8) is 0 Å². The predicted octanol–water partition coefficient (Wildman–Crippen LogP) is 6.54. The normalized spacial score (nSPS) is 17.1. The molecule has 0 saturated carbocycles. The Labute approximate surface area is 224 Å². The molecule has 0 radical (unpaired) electrons. The molecule has 1 fully saturated rings. The van der Waals surface area contributed by atoms with Crippen molar-refractivity contribution >= 4 is 51.6 Å². The maximum atomic E-state index is 13.3. The number of nitrogens with zero attached hydrogens (tertiary/aromatic N) is 1. The summed E-state index contributed by atoms with van der Waals surface area (Å²) in [4.78, 5) is 31.3. The highest BCUT2D eigenvalue weighted by molar-refractivity contribution is 6.47. The number of hydrogen-bond donors (Lipinski definition) is 2. The number of benzene rings is 3. The first-order valence-corrected chi connectivity index (χ1v) is 12.7. The van der Waals surface area contributed by atoms with Crippen LogP contribution in [0.2, 0.25) is 10.0 Å². The lowest BCUT2D eigenvalue weighted by Crippen LogP contribution is -2.31. The highest BCUT2D eigenvalue weighted by Gasteiger charge is 2.46. The first kappa shape index (κ1) is 24.9. The van der Waals surface area contributed by atoms with Gasteiger partial charge in [0.15, 0.2) is 0 Å². The van der Waals surface area contributed by atoms with Gasteiger partial charge in [0.1, 0.15) is 11.5 Å². The van der Waals surface area contributed by atoms with E-state index in [0.29, 0.717) is 39.9 Å². The van der Waals surface area contributed by atoms with Gasteiger partial charge in [-0.25, -0.2) is 0 Å². The molecule has 0 aliphatic carbocycles. The number of hydrogen-bond acceptors (Lipinski definition) is 4. The van der Waals surface area contributed by atoms with E-state index >= 15 is 0 Å². The number of halogens is 2. The Hall–Kier alpha value is -3.74. The number of H-pyrrole nitrogens is 1. The van der Waals surface area contributed by atoms with Gasteiger partial charge in [-0.05, 0) is 66.9 Å². The Bertz CT molecular complexity index is 1520. The van der Waals surface area contributed by atoms with Gasteiger partial charge >= 0.3 is 0 Å². The van der Waals surface area contributed by atoms with Gasteiger partial charge < -0.3 is 19.7 Å². The Morgan fingerprint density at radius 2 is 1.81 bits per heavy atom. The number of aromatic amines is 1. The van der Waals surface area contributed by atoms with E-state index in [4.69, 9.17) is 27.9 Å². The molecular weight excluding hydrogens is 511 g/mol. The number of aliphatic hydroxyl groups excluding tert-OH is 1. The van der Waals surface area contributed by atoms with Gasteiger partial charge in [-0.1, -0.05) is 47.5 Å². The topological polar surface area (TPSA) is 82.6 Å². The zero-order valence-electron chi connectivity index (χ0n) is 20.0. The van der Waals surface area contributed by atoms with E-state index in [2.05, 4.69) is 4.98 Å². The molecule has 3 aromatic carbocycles. The van der Waals surface area contributed by atoms with Crippen LogP contribution in [0.5, 0.6) is 5.75 Å². The van der Waals surface area contributed by atoms with Crippen LogP contribution >= 0.6 is 23.2 Å². The number of aliphatic hydroxyl groups is 1. The van der Waals surface area contributed by atoms with Crippen LogP contribution in [0.15, 0.2) is 78.5 Å². The zero-order valence-corrected chi connectivity index (χ0v) is 21.5. The van der Waals surface area contributed by atoms with Gasteiger partial charge in [-0.15, -0.1) is 0 Å². The smallest absolute Gasteiger partial charge is 0.295 e. The first-order chi connectivity index (χ1) is 17.9. The van der Waals surface area contributed by atoms with E-state index in [-0.39, 0.29) is 17.9 Å². The molecule has 1 aromatic heterocycles. The van der Waals surface area contributed by atoms with Crippen LogP contribution in [0, 0.1) is 0 Å². The van der Waals surface area contributed by atoms with Gasteiger partial charge in [0.05, 0.1) is 18.2 Å². The fraction of sp³-hybridized carbons (Fsp3) is 0.172. The molecule has 1 atom stereocenters. The number of carbonyl (C=O) groups is 2. The Morgan fingerprint density at radius 3 is 2.54 bits per heavy atom. The summed E-state index contributed by atoms with van der Waals surface area (Å²) >= 11 is 12.7. The van der Waals surface area contributed by atoms with Crippen molar-refractivity contribution in [2.24, 2.45) is 0 Å². The van der Waals surface area contributed by atoms with E-state index < -0.39 is 17.7 Å². The van der Waals surface area contributed by atoms with Crippen LogP contribution in [-0.2, 0) is 16.0 Å². The van der Waals surface area contributed by atoms with E-state index in [9.17, 15) is 14.7 Å². The number of ether oxygens (including phenoxy) is 1. The van der Waals surface area contributed by atoms with Crippen molar-refractivity contribution in [1.29, 1.82) is 0 Å². The molecule has 0 spiro atoms. The summed E-state index contributed by atoms with van der Waals surface area (Å²) in [6.07, 6.45) is 2.41. The molecule has 37 heavy (non-hydrogen) atoms. The SMILES string of the molecule is CCOc1ccc(C(O)=C2C(=O)C(=O)N(CCc3c[nH]c4ccccc34)[C@@H]2c2ccc(Cl)cc2Cl)cc1. The Balaban J connectivity index is 1.57. The van der Waals surface area contributed by atoms with Crippen LogP contribution in [0.1, 0.15) is 29.7 Å². The van der Waals surface area contributed by atoms with Gasteiger partial charge in [0.25, 0.3) is 11.7 Å². The number of ketones is 1. The minimum atomic E-state index is -0.874. The van der Waals surface area contributed by atoms with Crippen molar-refractivity contribution in [3.8, 4) is 5.75 Å². The summed E-state index contributed by atoms with van der Waals surface area (Å²) in [6.45, 7) is 2.62. The molecule has 2 heterocycles. The third kappa shape index (κ3) is 4.70. The standard InChI is InChI=1S/C29H24Cl2N2O4/c1-2-37-20-10-7-17(8-11-20)27(34)25-26(22-12-9-19(30)15-23(22)31)33(29(36)28(25)35)14-13-18-16-32-24-6-4-3-5-21(18)24/h3-12,15-16,26,32,34H,2,13-14H2,1H3/t26-/m1/s1. The van der Waals surface area contributed by atoms with Gasteiger partial charge in [0.2, 0.25) is 0 Å². The molecule has 0 unspecified atom stereocenters. The van der Waals surface area contributed by atoms with Gasteiger partial charge in [-0.2, -0.15) is 0 Å². The summed E-state index contributed by atoms with van der Waals surface area (Å²) in [5.41, 5.74) is 2.90. The second kappa shape index (κ2) is 10.3. The number of para-hydroxylation sites is 1. The third-order valence-electron chi connectivity index (χ3n) is 6.53. The van der Waals surface area contributed by atoms with E-state index in [1.54, 1.807) is 42.5 Å². The highest BCUT2D eigenvalue weighted by atomic mass is 35.5. The molecule has 0 bridgehead atoms. The van der Waals surface area contributed by atoms with Crippen molar-refractivity contribution in [2.75, 3.05) is 13.2 Å². The quantitative estimate of drug-likeness (QED) is 0.160. The van der Waals surface area contributed by atoms with Crippen LogP contribution in [-0.4, -0.2) is 39.8 Å². The molecule has 2 N–H and O–H groups in total. The monoisotopic (exact) mass is 534 g/mol. The third-order valence-corrected chi connectivity index (χ3v) is 7.10. The number of amides is 1. The number of Topliss-reactive ketones (excluding diaryl/α,β-unsaturated/α-hetero) is 1. The van der Waals surface area contributed by atoms with Crippen LogP contribution < -0.4 is 4.74 Å². The number of aromatic nitrogens is 1. The van der Waals surface area contributed by atoms with Crippen LogP contribution in [0.4, 0.5) is 0 Å². The largest absolute Gasteiger partial charge is 0.507 e. The number of rotatable bonds is 7. The zero-order chi connectivity index (χ0) is 26.1. The summed E-state index contributed by atoms with van der Waals surface area (Å²) in [5, 5.41) is 13.1. The fourth-order valence-electron chi connectivity index (χ4n) is 4.77. The highest BCUT2D eigenvalue weighted by Crippen LogP contribution is 2.42. The van der Waals surface area contributed by atoms with Crippen molar-refractivity contribution < 1.29 is 19.4 Å². The van der Waals surface area contributed by atoms with Crippen LogP contribution in [0.25, 0.3) is 16.7 Å². The van der Waals surface area contributed by atoms with Gasteiger partial charge in [-0.3, -0.25) is 9.59 Å². The van der Waals surface area contributed by atoms with E-state index in [0.717, 1.165) is 16.5 Å². The molecule has 1 aliphatic rings. The Morgan fingerprint density at radius 1 is 1.05 bits per heavy atom. The number of carbonyl (C=O) groups excluding carboxylic acids is 2. The minimum absolute atomic E-state index is 0.0164. The van der Waals surface area contributed by atoms with Gasteiger partial charge in [0, 0.05) is 39.3 Å². The minimum Gasteiger partial charge on any atom is -0.507 e. The van der Waals surface area contributed by atoms with Crippen LogP contribution in [0.3, 0.4) is 0 Å². The maximum Gasteiger partial charge on any atom is 0.295 e. The average molecular weight is 535 g/mol. The molecule has 6 nitrogen and oxygen atoms in total. The molecule has 1 saturated heterocycles. The fourth-order valence-corrected chi connectivity index (χ4v) is 5.28. The molecule has 4 aromatic rings. The van der Waals surface area contributed by atoms with E-state index in [1.165, 1.54) is 4.90 Å². The molecular formula is C29H24Cl2N2O4. The first-order valence-electron chi connectivity index (χ1n) is 11.9. The lowest BCUT2D eigenvalue weighted by atomic mass is 9.95. The van der Waals surface area contributed by atoms with Crippen molar-refractivity contribution in [1.82, 2.24) is 9.88 Å². The average Bonchev–Trinajstić information content (AvgIpc) is 3.41. The predicted molar refractivity (Wildman–Crippen MR) is 145 cm³/mol. The summed E-state index contributed by atoms with van der Waals surface area (Å²) in [5.74, 6) is -1.09. The summed E-state index contributed by atoms with van der Waals surface area (Å²) in [7, 11) is 0. The van der Waals surface area contributed by atoms with Crippen molar-refractivity contribution in [3.05, 3.63) is 105 Å². The summed E-state index contributed by atoms with van der Waals surface area (Å²) in [6, 6.07) is 18.6. The van der Waals surface area contributed by atoms with E-state index in [1.807, 2.05) is 37.4 Å². The molecule has 5 rings (SSSR count). The Kier molecular flexibility index (Phi) is 6.96. The number of nitrogens with one attached hydrogen (secondary N) is 1. The lowest BCUT2D eigenvalue weighted by molar-refractivity contribution is -0.139. The molecule has 1 amide bonds. The molecule has 188 valence electrons. The maximum absolute atomic E-state index is 13.3. The molecule has 8 heteroatoms. The number of likely N-dealkylation sites (tertiary alicyclic amines) is 1. The lowest BCUT2D eigenvalue weighted by Gasteiger charge is -2.26. The second-order valence-corrected chi connectivity index (χ2v) is 9.57. The summed E-state index contributed by atoms with van der Waals surface area (Å²) < 4.78 is 5.48. The second-order valence-electron chi connectivity index (χ2n) is 8.73. The molecule has 1 aliphatic heterocycles. The van der Waals surface area contributed by atoms with Crippen molar-refractivity contribution in [2.45, 2.75) is 19.4 Å². The number of fused-ring (bicyclic) bond motifs is 1.